The number of hydrogen-bond donors (Lipinski definition) is 1. The Hall–Kier alpha value is -1.03. The molecule has 0 saturated carbocycles. The molecule has 2 rings (SSSR count). The highest BCUT2D eigenvalue weighted by atomic mass is 15.3. The van der Waals surface area contributed by atoms with Gasteiger partial charge in [-0.25, -0.2) is 4.98 Å². The summed E-state index contributed by atoms with van der Waals surface area (Å²) in [5.74, 6) is 1.96. The smallest absolute Gasteiger partial charge is 0.205 e. The molecule has 0 bridgehead atoms. The highest BCUT2D eigenvalue weighted by molar-refractivity contribution is 5.32. The molecule has 1 aliphatic rings. The van der Waals surface area contributed by atoms with Gasteiger partial charge in [-0.15, -0.1) is 0 Å². The van der Waals surface area contributed by atoms with E-state index in [1.54, 1.807) is 0 Å². The molecule has 0 unspecified atom stereocenters. The van der Waals surface area contributed by atoms with Gasteiger partial charge in [0.15, 0.2) is 0 Å². The molecule has 1 N–H and O–H groups in total. The molecule has 1 aromatic rings. The van der Waals surface area contributed by atoms with Crippen molar-refractivity contribution in [3.63, 3.8) is 0 Å². The number of rotatable bonds is 6. The third kappa shape index (κ3) is 3.72. The Kier molecular flexibility index (Phi) is 5.25. The van der Waals surface area contributed by atoms with E-state index in [1.807, 2.05) is 0 Å². The minimum Gasteiger partial charge on any atom is -0.345 e. The number of hydrogen-bond acceptors (Lipinski definition) is 3. The van der Waals surface area contributed by atoms with Gasteiger partial charge in [0.1, 0.15) is 0 Å². The van der Waals surface area contributed by atoms with E-state index in [9.17, 15) is 0 Å². The van der Waals surface area contributed by atoms with Crippen LogP contribution in [-0.4, -0.2) is 36.2 Å². The molecule has 1 aromatic heterocycles. The maximum Gasteiger partial charge on any atom is 0.205 e. The Balaban J connectivity index is 2.03. The molecule has 0 atom stereocenters. The van der Waals surface area contributed by atoms with Crippen LogP contribution in [0.15, 0.2) is 6.20 Å². The number of imidazole rings is 1. The second-order valence-electron chi connectivity index (χ2n) is 5.65. The van der Waals surface area contributed by atoms with Gasteiger partial charge in [0.25, 0.3) is 0 Å². The lowest BCUT2D eigenvalue weighted by molar-refractivity contribution is 0.376. The van der Waals surface area contributed by atoms with Gasteiger partial charge in [-0.2, -0.15) is 0 Å². The van der Waals surface area contributed by atoms with Gasteiger partial charge in [0.05, 0.1) is 5.69 Å². The molecule has 4 nitrogen and oxygen atoms in total. The topological polar surface area (TPSA) is 33.1 Å². The van der Waals surface area contributed by atoms with Crippen molar-refractivity contribution < 1.29 is 0 Å². The lowest BCUT2D eigenvalue weighted by atomic mass is 9.98. The first kappa shape index (κ1) is 14.4. The van der Waals surface area contributed by atoms with Crippen LogP contribution in [-0.2, 0) is 13.0 Å². The fourth-order valence-electron chi connectivity index (χ4n) is 2.87. The van der Waals surface area contributed by atoms with Crippen LogP contribution in [0, 0.1) is 5.92 Å². The van der Waals surface area contributed by atoms with Crippen LogP contribution in [0.4, 0.5) is 5.95 Å². The van der Waals surface area contributed by atoms with Gasteiger partial charge >= 0.3 is 0 Å². The van der Waals surface area contributed by atoms with Crippen molar-refractivity contribution in [1.82, 2.24) is 14.9 Å². The number of aryl methyl sites for hydroxylation is 2. The first-order valence-corrected chi connectivity index (χ1v) is 7.72. The lowest BCUT2D eigenvalue weighted by Gasteiger charge is -2.28. The zero-order valence-corrected chi connectivity index (χ0v) is 12.7. The van der Waals surface area contributed by atoms with Crippen molar-refractivity contribution in [1.29, 1.82) is 0 Å². The van der Waals surface area contributed by atoms with Gasteiger partial charge in [0.2, 0.25) is 5.95 Å². The third-order valence-electron chi connectivity index (χ3n) is 3.96. The van der Waals surface area contributed by atoms with Crippen LogP contribution >= 0.6 is 0 Å². The molecule has 2 heterocycles. The number of nitrogens with one attached hydrogen (secondary N) is 1. The Bertz CT molecular complexity index is 379. The quantitative estimate of drug-likeness (QED) is 0.856. The molecule has 0 radical (unpaired) electrons. The van der Waals surface area contributed by atoms with Gasteiger partial charge in [0, 0.05) is 26.3 Å². The third-order valence-corrected chi connectivity index (χ3v) is 3.96. The summed E-state index contributed by atoms with van der Waals surface area (Å²) in [5.41, 5.74) is 1.21. The Morgan fingerprint density at radius 3 is 2.74 bits per heavy atom. The molecular formula is C15H28N4. The van der Waals surface area contributed by atoms with Gasteiger partial charge in [-0.05, 0) is 44.7 Å². The van der Waals surface area contributed by atoms with E-state index in [0.717, 1.165) is 37.8 Å². The van der Waals surface area contributed by atoms with E-state index < -0.39 is 0 Å². The summed E-state index contributed by atoms with van der Waals surface area (Å²) in [5, 5.41) is 3.43. The monoisotopic (exact) mass is 264 g/mol. The van der Waals surface area contributed by atoms with Crippen LogP contribution in [0.1, 0.15) is 38.8 Å². The van der Waals surface area contributed by atoms with Crippen molar-refractivity contribution in [3.05, 3.63) is 11.9 Å². The van der Waals surface area contributed by atoms with E-state index in [4.69, 9.17) is 4.98 Å². The zero-order valence-electron chi connectivity index (χ0n) is 12.7. The lowest BCUT2D eigenvalue weighted by Crippen LogP contribution is -2.35. The fraction of sp³-hybridized carbons (Fsp3) is 0.800. The van der Waals surface area contributed by atoms with Crippen molar-refractivity contribution in [2.24, 2.45) is 5.92 Å². The average Bonchev–Trinajstić information content (AvgIpc) is 2.84. The zero-order chi connectivity index (χ0) is 13.7. The molecule has 1 saturated heterocycles. The molecule has 1 aliphatic heterocycles. The average molecular weight is 264 g/mol. The highest BCUT2D eigenvalue weighted by Gasteiger charge is 2.18. The van der Waals surface area contributed by atoms with E-state index in [1.165, 1.54) is 31.6 Å². The van der Waals surface area contributed by atoms with Crippen LogP contribution in [0.5, 0.6) is 0 Å². The standard InChI is InChI=1S/C15H28N4/c1-4-10-19-12-14(5-2)17-15(19)18(3)11-13-6-8-16-9-7-13/h12-13,16H,4-11H2,1-3H3. The summed E-state index contributed by atoms with van der Waals surface area (Å²) in [6, 6.07) is 0. The van der Waals surface area contributed by atoms with Gasteiger partial charge < -0.3 is 14.8 Å². The molecule has 0 amide bonds. The van der Waals surface area contributed by atoms with Gasteiger partial charge in [-0.3, -0.25) is 0 Å². The predicted molar refractivity (Wildman–Crippen MR) is 80.8 cm³/mol. The first-order valence-electron chi connectivity index (χ1n) is 7.72. The molecule has 108 valence electrons. The second-order valence-corrected chi connectivity index (χ2v) is 5.65. The van der Waals surface area contributed by atoms with E-state index in [-0.39, 0.29) is 0 Å². The van der Waals surface area contributed by atoms with Crippen LogP contribution in [0.25, 0.3) is 0 Å². The second kappa shape index (κ2) is 6.94. The number of piperidine rings is 1. The first-order chi connectivity index (χ1) is 9.24. The summed E-state index contributed by atoms with van der Waals surface area (Å²) in [6.07, 6.45) is 6.98. The largest absolute Gasteiger partial charge is 0.345 e. The predicted octanol–water partition coefficient (Wildman–Crippen LogP) is 2.29. The van der Waals surface area contributed by atoms with Crippen molar-refractivity contribution in [3.8, 4) is 0 Å². The summed E-state index contributed by atoms with van der Waals surface area (Å²) in [6.45, 7) is 8.94. The minimum absolute atomic E-state index is 0.808. The van der Waals surface area contributed by atoms with E-state index in [2.05, 4.69) is 41.9 Å². The van der Waals surface area contributed by atoms with Crippen molar-refractivity contribution in [2.75, 3.05) is 31.6 Å². The Labute approximate surface area is 117 Å². The van der Waals surface area contributed by atoms with Crippen LogP contribution in [0.2, 0.25) is 0 Å². The maximum atomic E-state index is 4.79. The summed E-state index contributed by atoms with van der Waals surface area (Å²) in [7, 11) is 2.19. The van der Waals surface area contributed by atoms with E-state index in [0.29, 0.717) is 0 Å². The van der Waals surface area contributed by atoms with Crippen LogP contribution in [0.3, 0.4) is 0 Å². The van der Waals surface area contributed by atoms with E-state index >= 15 is 0 Å². The number of anilines is 1. The summed E-state index contributed by atoms with van der Waals surface area (Å²) in [4.78, 5) is 7.14. The molecule has 1 fully saturated rings. The highest BCUT2D eigenvalue weighted by Crippen LogP contribution is 2.19. The molecule has 0 aromatic carbocycles. The van der Waals surface area contributed by atoms with Gasteiger partial charge in [-0.1, -0.05) is 13.8 Å². The molecular weight excluding hydrogens is 236 g/mol. The van der Waals surface area contributed by atoms with Crippen LogP contribution < -0.4 is 10.2 Å². The molecule has 0 spiro atoms. The Morgan fingerprint density at radius 1 is 1.37 bits per heavy atom. The fourth-order valence-corrected chi connectivity index (χ4v) is 2.87. The SMILES string of the molecule is CCCn1cc(CC)nc1N(C)CC1CCNCC1. The molecule has 19 heavy (non-hydrogen) atoms. The normalized spacial score (nSPS) is 16.8. The minimum atomic E-state index is 0.808. The number of nitrogens with zero attached hydrogens (tertiary/aromatic N) is 3. The van der Waals surface area contributed by atoms with Crippen molar-refractivity contribution >= 4 is 5.95 Å². The van der Waals surface area contributed by atoms with Crippen molar-refractivity contribution in [2.45, 2.75) is 46.1 Å². The maximum absolute atomic E-state index is 4.79. The Morgan fingerprint density at radius 2 is 2.11 bits per heavy atom. The summed E-state index contributed by atoms with van der Waals surface area (Å²) < 4.78 is 2.32. The molecule has 4 heteroatoms. The number of aromatic nitrogens is 2. The molecule has 0 aliphatic carbocycles. The summed E-state index contributed by atoms with van der Waals surface area (Å²) >= 11 is 0.